The zero-order valence-corrected chi connectivity index (χ0v) is 13.3. The van der Waals surface area contributed by atoms with Crippen LogP contribution in [0.15, 0.2) is 42.5 Å². The first kappa shape index (κ1) is 17.4. The normalized spacial score (nSPS) is 12.0. The van der Waals surface area contributed by atoms with Gasteiger partial charge in [-0.1, -0.05) is 35.9 Å². The van der Waals surface area contributed by atoms with E-state index in [4.69, 9.17) is 11.6 Å². The minimum Gasteiger partial charge on any atom is -0.405 e. The average molecular weight is 366 g/mol. The molecule has 0 bridgehead atoms. The maximum atomic E-state index is 12.5. The minimum atomic E-state index is -4.83. The summed E-state index contributed by atoms with van der Waals surface area (Å²) in [4.78, 5) is 0. The largest absolute Gasteiger partial charge is 0.573 e. The van der Waals surface area contributed by atoms with Gasteiger partial charge >= 0.3 is 6.36 Å². The van der Waals surface area contributed by atoms with Crippen molar-refractivity contribution in [2.24, 2.45) is 0 Å². The molecular weight excluding hydrogens is 355 g/mol. The van der Waals surface area contributed by atoms with Crippen molar-refractivity contribution < 1.29 is 26.3 Å². The summed E-state index contributed by atoms with van der Waals surface area (Å²) < 4.78 is 65.9. The predicted octanol–water partition coefficient (Wildman–Crippen LogP) is 4.28. The molecule has 124 valence electrons. The van der Waals surface area contributed by atoms with Crippen LogP contribution in [0.3, 0.4) is 0 Å². The molecule has 0 unspecified atom stereocenters. The number of nitrogens with one attached hydrogen (secondary N) is 1. The van der Waals surface area contributed by atoms with Crippen LogP contribution in [0.2, 0.25) is 5.02 Å². The molecule has 0 aliphatic rings. The fourth-order valence-electron chi connectivity index (χ4n) is 1.91. The third-order valence-corrected chi connectivity index (χ3v) is 3.59. The third kappa shape index (κ3) is 5.04. The average Bonchev–Trinajstić information content (AvgIpc) is 2.36. The van der Waals surface area contributed by atoms with Gasteiger partial charge in [0.25, 0.3) is 0 Å². The van der Waals surface area contributed by atoms with Crippen molar-refractivity contribution in [3.63, 3.8) is 0 Å². The Morgan fingerprint density at radius 2 is 1.74 bits per heavy atom. The first-order valence-corrected chi connectivity index (χ1v) is 8.44. The fraction of sp³-hybridized carbons (Fsp3) is 0.143. The topological polar surface area (TPSA) is 55.4 Å². The van der Waals surface area contributed by atoms with Gasteiger partial charge in [-0.3, -0.25) is 4.72 Å². The highest BCUT2D eigenvalue weighted by Crippen LogP contribution is 2.38. The van der Waals surface area contributed by atoms with Gasteiger partial charge in [0.05, 0.1) is 11.3 Å². The smallest absolute Gasteiger partial charge is 0.405 e. The van der Waals surface area contributed by atoms with E-state index in [1.807, 2.05) is 0 Å². The maximum absolute atomic E-state index is 12.5. The summed E-state index contributed by atoms with van der Waals surface area (Å²) >= 11 is 6.06. The molecule has 2 aromatic rings. The molecule has 0 atom stereocenters. The molecule has 2 rings (SSSR count). The van der Waals surface area contributed by atoms with E-state index in [-0.39, 0.29) is 21.8 Å². The second kappa shape index (κ2) is 6.29. The summed E-state index contributed by atoms with van der Waals surface area (Å²) in [6, 6.07) is 9.65. The zero-order chi connectivity index (χ0) is 17.3. The molecule has 0 saturated carbocycles. The summed E-state index contributed by atoms with van der Waals surface area (Å²) in [5.74, 6) is -0.397. The van der Waals surface area contributed by atoms with Crippen molar-refractivity contribution >= 4 is 27.3 Å². The van der Waals surface area contributed by atoms with Crippen molar-refractivity contribution in [1.29, 1.82) is 0 Å². The van der Waals surface area contributed by atoms with E-state index < -0.39 is 22.1 Å². The number of sulfonamides is 1. The van der Waals surface area contributed by atoms with Crippen LogP contribution in [-0.2, 0) is 10.0 Å². The standard InChI is InChI=1S/C14H11ClF3NO3S/c1-23(20,21)19-9-6-7-10(12(15)8-9)11-4-2-3-5-13(11)22-14(16,17)18/h2-8,19H,1H3. The van der Waals surface area contributed by atoms with E-state index >= 15 is 0 Å². The van der Waals surface area contributed by atoms with E-state index in [0.717, 1.165) is 6.26 Å². The number of benzene rings is 2. The van der Waals surface area contributed by atoms with Gasteiger partial charge in [-0.2, -0.15) is 0 Å². The van der Waals surface area contributed by atoms with Crippen LogP contribution >= 0.6 is 11.6 Å². The second-order valence-electron chi connectivity index (χ2n) is 4.61. The van der Waals surface area contributed by atoms with Crippen molar-refractivity contribution in [3.05, 3.63) is 47.5 Å². The van der Waals surface area contributed by atoms with Gasteiger partial charge in [-0.15, -0.1) is 13.2 Å². The van der Waals surface area contributed by atoms with Gasteiger partial charge in [0.2, 0.25) is 10.0 Å². The molecule has 23 heavy (non-hydrogen) atoms. The van der Waals surface area contributed by atoms with E-state index in [2.05, 4.69) is 9.46 Å². The Balaban J connectivity index is 2.43. The lowest BCUT2D eigenvalue weighted by atomic mass is 10.0. The highest BCUT2D eigenvalue weighted by atomic mass is 35.5. The van der Waals surface area contributed by atoms with Crippen LogP contribution in [0.5, 0.6) is 5.75 Å². The van der Waals surface area contributed by atoms with Crippen LogP contribution < -0.4 is 9.46 Å². The predicted molar refractivity (Wildman–Crippen MR) is 82.0 cm³/mol. The van der Waals surface area contributed by atoms with Gasteiger partial charge in [-0.05, 0) is 18.2 Å². The molecule has 0 radical (unpaired) electrons. The van der Waals surface area contributed by atoms with Crippen LogP contribution in [0.1, 0.15) is 0 Å². The number of alkyl halides is 3. The molecule has 0 aliphatic heterocycles. The Hall–Kier alpha value is -1.93. The van der Waals surface area contributed by atoms with Crippen molar-refractivity contribution in [2.75, 3.05) is 11.0 Å². The monoisotopic (exact) mass is 365 g/mol. The van der Waals surface area contributed by atoms with E-state index in [1.54, 1.807) is 0 Å². The molecule has 4 nitrogen and oxygen atoms in total. The third-order valence-electron chi connectivity index (χ3n) is 2.68. The highest BCUT2D eigenvalue weighted by molar-refractivity contribution is 7.92. The van der Waals surface area contributed by atoms with E-state index in [1.165, 1.54) is 42.5 Å². The summed E-state index contributed by atoms with van der Waals surface area (Å²) in [5.41, 5.74) is 0.627. The van der Waals surface area contributed by atoms with Crippen LogP contribution in [0.25, 0.3) is 11.1 Å². The first-order chi connectivity index (χ1) is 10.6. The molecule has 9 heteroatoms. The van der Waals surface area contributed by atoms with Crippen LogP contribution in [-0.4, -0.2) is 21.0 Å². The molecule has 0 aliphatic carbocycles. The molecule has 0 aromatic heterocycles. The molecule has 2 aromatic carbocycles. The maximum Gasteiger partial charge on any atom is 0.573 e. The molecule has 0 fully saturated rings. The number of hydrogen-bond donors (Lipinski definition) is 1. The number of halogens is 4. The lowest BCUT2D eigenvalue weighted by Gasteiger charge is -2.14. The van der Waals surface area contributed by atoms with Gasteiger partial charge in [0, 0.05) is 16.8 Å². The molecule has 0 saturated heterocycles. The molecule has 0 spiro atoms. The summed E-state index contributed by atoms with van der Waals surface area (Å²) in [6.45, 7) is 0. The zero-order valence-electron chi connectivity index (χ0n) is 11.7. The molecule has 0 heterocycles. The fourth-order valence-corrected chi connectivity index (χ4v) is 2.75. The highest BCUT2D eigenvalue weighted by Gasteiger charge is 2.32. The lowest BCUT2D eigenvalue weighted by Crippen LogP contribution is -2.17. The summed E-state index contributed by atoms with van der Waals surface area (Å²) in [7, 11) is -3.49. The number of hydrogen-bond acceptors (Lipinski definition) is 3. The van der Waals surface area contributed by atoms with Crippen molar-refractivity contribution in [1.82, 2.24) is 0 Å². The second-order valence-corrected chi connectivity index (χ2v) is 6.77. The number of ether oxygens (including phenoxy) is 1. The van der Waals surface area contributed by atoms with Crippen molar-refractivity contribution in [2.45, 2.75) is 6.36 Å². The van der Waals surface area contributed by atoms with E-state index in [9.17, 15) is 21.6 Å². The minimum absolute atomic E-state index is 0.0804. The Kier molecular flexibility index (Phi) is 4.76. The van der Waals surface area contributed by atoms with Crippen LogP contribution in [0.4, 0.5) is 18.9 Å². The Labute approximate surface area is 135 Å². The van der Waals surface area contributed by atoms with Gasteiger partial charge in [0.1, 0.15) is 5.75 Å². The Morgan fingerprint density at radius 1 is 1.09 bits per heavy atom. The Morgan fingerprint density at radius 3 is 2.30 bits per heavy atom. The van der Waals surface area contributed by atoms with Gasteiger partial charge in [-0.25, -0.2) is 8.42 Å². The number of anilines is 1. The first-order valence-electron chi connectivity index (χ1n) is 6.18. The van der Waals surface area contributed by atoms with E-state index in [0.29, 0.717) is 0 Å². The SMILES string of the molecule is CS(=O)(=O)Nc1ccc(-c2ccccc2OC(F)(F)F)c(Cl)c1. The number of rotatable bonds is 4. The van der Waals surface area contributed by atoms with Crippen molar-refractivity contribution in [3.8, 4) is 16.9 Å². The van der Waals surface area contributed by atoms with Gasteiger partial charge < -0.3 is 4.74 Å². The van der Waals surface area contributed by atoms with Crippen LogP contribution in [0, 0.1) is 0 Å². The quantitative estimate of drug-likeness (QED) is 0.880. The molecular formula is C14H11ClF3NO3S. The molecule has 1 N–H and O–H groups in total. The Bertz CT molecular complexity index is 822. The number of para-hydroxylation sites is 1. The molecule has 0 amide bonds. The summed E-state index contributed by atoms with van der Waals surface area (Å²) in [5, 5.41) is 0.0804. The lowest BCUT2D eigenvalue weighted by molar-refractivity contribution is -0.274. The summed E-state index contributed by atoms with van der Waals surface area (Å²) in [6.07, 6.45) is -3.86. The van der Waals surface area contributed by atoms with Gasteiger partial charge in [0.15, 0.2) is 0 Å².